The Bertz CT molecular complexity index is 643. The third-order valence-corrected chi connectivity index (χ3v) is 4.12. The minimum Gasteiger partial charge on any atom is -0.493 e. The number of thiazole rings is 1. The topological polar surface area (TPSA) is 48.4 Å². The zero-order valence-corrected chi connectivity index (χ0v) is 13.1. The molecule has 0 amide bonds. The molecule has 0 spiro atoms. The molecule has 0 bridgehead atoms. The van der Waals surface area contributed by atoms with Crippen molar-refractivity contribution < 1.29 is 14.3 Å². The van der Waals surface area contributed by atoms with Gasteiger partial charge >= 0.3 is 0 Å². The number of carbonyl (C=O) groups is 1. The Kier molecular flexibility index (Phi) is 4.86. The maximum absolute atomic E-state index is 11.5. The second kappa shape index (κ2) is 6.43. The first-order valence-corrected chi connectivity index (χ1v) is 7.37. The number of rotatable bonds is 5. The molecule has 0 atom stereocenters. The number of methoxy groups -OCH3 is 2. The third kappa shape index (κ3) is 2.75. The minimum absolute atomic E-state index is 0.0944. The standard InChI is InChI=1S/C13H11Cl2NO3S/c1-18-10-4-3-7(11(15)12(10)19-2)13-16-8(6-20-13)9(17)5-14/h3-4,6H,5H2,1-2H3. The first-order valence-electron chi connectivity index (χ1n) is 5.58. The van der Waals surface area contributed by atoms with Crippen LogP contribution in [-0.4, -0.2) is 30.9 Å². The Morgan fingerprint density at radius 3 is 2.70 bits per heavy atom. The Morgan fingerprint density at radius 1 is 1.35 bits per heavy atom. The van der Waals surface area contributed by atoms with E-state index >= 15 is 0 Å². The van der Waals surface area contributed by atoms with Crippen LogP contribution in [0.1, 0.15) is 10.5 Å². The fraction of sp³-hybridized carbons (Fsp3) is 0.231. The van der Waals surface area contributed by atoms with Gasteiger partial charge in [0.15, 0.2) is 17.3 Å². The van der Waals surface area contributed by atoms with Gasteiger partial charge in [-0.15, -0.1) is 22.9 Å². The molecule has 0 aliphatic heterocycles. The highest BCUT2D eigenvalue weighted by Gasteiger charge is 2.18. The smallest absolute Gasteiger partial charge is 0.196 e. The molecule has 0 aliphatic rings. The lowest BCUT2D eigenvalue weighted by Crippen LogP contribution is -2.00. The monoisotopic (exact) mass is 331 g/mol. The van der Waals surface area contributed by atoms with E-state index in [2.05, 4.69) is 4.98 Å². The van der Waals surface area contributed by atoms with E-state index in [9.17, 15) is 4.79 Å². The number of nitrogens with zero attached hydrogens (tertiary/aromatic N) is 1. The van der Waals surface area contributed by atoms with E-state index in [4.69, 9.17) is 32.7 Å². The highest BCUT2D eigenvalue weighted by molar-refractivity contribution is 7.13. The summed E-state index contributed by atoms with van der Waals surface area (Å²) >= 11 is 13.1. The van der Waals surface area contributed by atoms with Crippen LogP contribution in [0.2, 0.25) is 5.02 Å². The maximum Gasteiger partial charge on any atom is 0.196 e. The van der Waals surface area contributed by atoms with E-state index in [1.807, 2.05) is 0 Å². The zero-order chi connectivity index (χ0) is 14.7. The summed E-state index contributed by atoms with van der Waals surface area (Å²) in [5, 5.41) is 2.68. The molecule has 0 radical (unpaired) electrons. The number of ether oxygens (including phenoxy) is 2. The number of benzene rings is 1. The Balaban J connectivity index is 2.48. The van der Waals surface area contributed by atoms with Crippen LogP contribution in [0, 0.1) is 0 Å². The molecule has 1 heterocycles. The van der Waals surface area contributed by atoms with Gasteiger partial charge < -0.3 is 9.47 Å². The van der Waals surface area contributed by atoms with Crippen LogP contribution in [0.4, 0.5) is 0 Å². The molecule has 0 aliphatic carbocycles. The van der Waals surface area contributed by atoms with Gasteiger partial charge in [-0.3, -0.25) is 4.79 Å². The lowest BCUT2D eigenvalue weighted by molar-refractivity contribution is 0.101. The van der Waals surface area contributed by atoms with Crippen LogP contribution in [0.3, 0.4) is 0 Å². The van der Waals surface area contributed by atoms with Crippen molar-refractivity contribution in [3.63, 3.8) is 0 Å². The molecule has 0 saturated heterocycles. The highest BCUT2D eigenvalue weighted by atomic mass is 35.5. The molecule has 106 valence electrons. The van der Waals surface area contributed by atoms with Crippen LogP contribution in [0.5, 0.6) is 11.5 Å². The number of Topliss-reactive ketones (excluding diaryl/α,β-unsaturated/α-hetero) is 1. The Hall–Kier alpha value is -1.30. The molecule has 0 unspecified atom stereocenters. The van der Waals surface area contributed by atoms with Crippen molar-refractivity contribution in [2.75, 3.05) is 20.1 Å². The van der Waals surface area contributed by atoms with Crippen LogP contribution in [0.25, 0.3) is 10.6 Å². The van der Waals surface area contributed by atoms with Crippen LogP contribution in [0.15, 0.2) is 17.5 Å². The molecule has 1 aromatic heterocycles. The number of hydrogen-bond donors (Lipinski definition) is 0. The summed E-state index contributed by atoms with van der Waals surface area (Å²) in [5.74, 6) is 0.663. The van der Waals surface area contributed by atoms with Crippen molar-refractivity contribution in [2.45, 2.75) is 0 Å². The molecule has 0 saturated carbocycles. The summed E-state index contributed by atoms with van der Waals surface area (Å²) < 4.78 is 10.4. The normalized spacial score (nSPS) is 10.4. The van der Waals surface area contributed by atoms with Crippen molar-refractivity contribution in [3.05, 3.63) is 28.2 Å². The van der Waals surface area contributed by atoms with Gasteiger partial charge in [0.1, 0.15) is 10.7 Å². The summed E-state index contributed by atoms with van der Waals surface area (Å²) in [6.07, 6.45) is 0. The van der Waals surface area contributed by atoms with E-state index in [1.165, 1.54) is 25.6 Å². The molecule has 7 heteroatoms. The van der Waals surface area contributed by atoms with Crippen molar-refractivity contribution in [1.29, 1.82) is 0 Å². The van der Waals surface area contributed by atoms with Gasteiger partial charge in [0.2, 0.25) is 0 Å². The van der Waals surface area contributed by atoms with Crippen molar-refractivity contribution in [3.8, 4) is 22.1 Å². The zero-order valence-electron chi connectivity index (χ0n) is 10.8. The summed E-state index contributed by atoms with van der Waals surface area (Å²) in [5.41, 5.74) is 1.02. The fourth-order valence-corrected chi connectivity index (χ4v) is 3.02. The summed E-state index contributed by atoms with van der Waals surface area (Å²) in [6, 6.07) is 3.52. The highest BCUT2D eigenvalue weighted by Crippen LogP contribution is 2.42. The Morgan fingerprint density at radius 2 is 2.10 bits per heavy atom. The Labute approximate surface area is 130 Å². The largest absolute Gasteiger partial charge is 0.493 e. The molecule has 1 aromatic carbocycles. The van der Waals surface area contributed by atoms with Gasteiger partial charge in [-0.1, -0.05) is 11.6 Å². The number of alkyl halides is 1. The number of carbonyl (C=O) groups excluding carboxylic acids is 1. The van der Waals surface area contributed by atoms with Crippen molar-refractivity contribution in [2.24, 2.45) is 0 Å². The van der Waals surface area contributed by atoms with Gasteiger partial charge in [0, 0.05) is 10.9 Å². The van der Waals surface area contributed by atoms with Gasteiger partial charge in [-0.25, -0.2) is 4.98 Å². The van der Waals surface area contributed by atoms with E-state index < -0.39 is 0 Å². The van der Waals surface area contributed by atoms with Crippen LogP contribution >= 0.6 is 34.5 Å². The van der Waals surface area contributed by atoms with Crippen molar-refractivity contribution >= 4 is 40.3 Å². The number of ketones is 1. The summed E-state index contributed by atoms with van der Waals surface area (Å²) in [6.45, 7) is 0. The van der Waals surface area contributed by atoms with Gasteiger partial charge in [0.25, 0.3) is 0 Å². The van der Waals surface area contributed by atoms with E-state index in [-0.39, 0.29) is 11.7 Å². The molecule has 2 rings (SSSR count). The molecule has 4 nitrogen and oxygen atoms in total. The van der Waals surface area contributed by atoms with Gasteiger partial charge in [-0.2, -0.15) is 0 Å². The molecule has 0 N–H and O–H groups in total. The minimum atomic E-state index is -0.217. The first-order chi connectivity index (χ1) is 9.62. The molecular weight excluding hydrogens is 321 g/mol. The third-order valence-electron chi connectivity index (χ3n) is 2.63. The first kappa shape index (κ1) is 15.1. The quantitative estimate of drug-likeness (QED) is 0.615. The van der Waals surface area contributed by atoms with E-state index in [0.717, 1.165) is 0 Å². The number of hydrogen-bond acceptors (Lipinski definition) is 5. The predicted molar refractivity (Wildman–Crippen MR) is 80.7 cm³/mol. The number of halogens is 2. The fourth-order valence-electron chi connectivity index (χ4n) is 1.65. The predicted octanol–water partition coefficient (Wildman–Crippen LogP) is 3.90. The average Bonchev–Trinajstić information content (AvgIpc) is 2.95. The van der Waals surface area contributed by atoms with Gasteiger partial charge in [0.05, 0.1) is 25.1 Å². The van der Waals surface area contributed by atoms with Crippen LogP contribution < -0.4 is 9.47 Å². The lowest BCUT2D eigenvalue weighted by atomic mass is 10.2. The van der Waals surface area contributed by atoms with Crippen LogP contribution in [-0.2, 0) is 0 Å². The number of aromatic nitrogens is 1. The second-order valence-corrected chi connectivity index (χ2v) is 5.26. The summed E-state index contributed by atoms with van der Waals surface area (Å²) in [7, 11) is 3.05. The van der Waals surface area contributed by atoms with Crippen molar-refractivity contribution in [1.82, 2.24) is 4.98 Å². The van der Waals surface area contributed by atoms with E-state index in [1.54, 1.807) is 17.5 Å². The molecule has 0 fully saturated rings. The molecular formula is C13H11Cl2NO3S. The molecule has 2 aromatic rings. The average molecular weight is 332 g/mol. The summed E-state index contributed by atoms with van der Waals surface area (Å²) in [4.78, 5) is 15.7. The van der Waals surface area contributed by atoms with E-state index in [0.29, 0.717) is 32.8 Å². The lowest BCUT2D eigenvalue weighted by Gasteiger charge is -2.11. The second-order valence-electron chi connectivity index (χ2n) is 3.76. The maximum atomic E-state index is 11.5. The molecule has 20 heavy (non-hydrogen) atoms. The van der Waals surface area contributed by atoms with Gasteiger partial charge in [-0.05, 0) is 12.1 Å². The SMILES string of the molecule is COc1ccc(-c2nc(C(=O)CCl)cs2)c(Cl)c1OC.